The fourth-order valence-corrected chi connectivity index (χ4v) is 0.774. The van der Waals surface area contributed by atoms with E-state index >= 15 is 0 Å². The van der Waals surface area contributed by atoms with Gasteiger partial charge in [0, 0.05) is 12.8 Å². The maximum atomic E-state index is 12.6. The average Bonchev–Trinajstić information content (AvgIpc) is 2.10. The van der Waals surface area contributed by atoms with Crippen LogP contribution in [-0.4, -0.2) is 4.98 Å². The Balaban J connectivity index is 3.03. The van der Waals surface area contributed by atoms with Crippen LogP contribution in [0.3, 0.4) is 0 Å². The van der Waals surface area contributed by atoms with E-state index < -0.39 is 6.01 Å². The van der Waals surface area contributed by atoms with Gasteiger partial charge in [-0.3, -0.25) is 0 Å². The predicted octanol–water partition coefficient (Wildman–Crippen LogP) is 2.25. The second-order valence-electron chi connectivity index (χ2n) is 2.55. The Bertz CT molecular complexity index is 230. The van der Waals surface area contributed by atoms with Gasteiger partial charge in [-0.15, -0.1) is 0 Å². The molecule has 3 heteroatoms. The van der Waals surface area contributed by atoms with Crippen molar-refractivity contribution in [1.29, 1.82) is 0 Å². The molecule has 0 atom stereocenters. The Morgan fingerprint density at radius 1 is 1.50 bits per heavy atom. The summed E-state index contributed by atoms with van der Waals surface area (Å²) in [6.45, 7) is 5.38. The van der Waals surface area contributed by atoms with Crippen molar-refractivity contribution >= 4 is 0 Å². The average molecular weight is 143 g/mol. The molecule has 1 aromatic heterocycles. The smallest absolute Gasteiger partial charge is 0.301 e. The Kier molecular flexibility index (Phi) is 1.74. The summed E-state index contributed by atoms with van der Waals surface area (Å²) in [5, 5.41) is 0. The van der Waals surface area contributed by atoms with Crippen LogP contribution in [0.15, 0.2) is 4.42 Å². The highest BCUT2D eigenvalue weighted by atomic mass is 19.1. The minimum absolute atomic E-state index is 0.0949. The maximum absolute atomic E-state index is 12.6. The largest absolute Gasteiger partial charge is 0.416 e. The molecule has 0 aliphatic rings. The third kappa shape index (κ3) is 1.17. The van der Waals surface area contributed by atoms with E-state index in [0.717, 1.165) is 0 Å². The van der Waals surface area contributed by atoms with Gasteiger partial charge in [0.1, 0.15) is 5.69 Å². The first-order valence-corrected chi connectivity index (χ1v) is 3.24. The van der Waals surface area contributed by atoms with Crippen molar-refractivity contribution in [2.45, 2.75) is 26.7 Å². The van der Waals surface area contributed by atoms with Gasteiger partial charge in [0.2, 0.25) is 0 Å². The lowest BCUT2D eigenvalue weighted by atomic mass is 10.1. The van der Waals surface area contributed by atoms with Gasteiger partial charge in [-0.05, 0) is 0 Å². The molecular weight excluding hydrogens is 133 g/mol. The highest BCUT2D eigenvalue weighted by Gasteiger charge is 2.12. The molecule has 0 fully saturated rings. The standard InChI is InChI=1S/C7H10FNO/c1-4(2)6-7(8)10-5(3)9-6/h4H,1-3H3. The molecule has 0 saturated heterocycles. The van der Waals surface area contributed by atoms with Crippen LogP contribution >= 0.6 is 0 Å². The highest BCUT2D eigenvalue weighted by Crippen LogP contribution is 2.17. The Labute approximate surface area is 59.1 Å². The molecule has 0 aromatic carbocycles. The van der Waals surface area contributed by atoms with Crippen LogP contribution in [0.2, 0.25) is 0 Å². The zero-order valence-corrected chi connectivity index (χ0v) is 6.31. The van der Waals surface area contributed by atoms with E-state index in [4.69, 9.17) is 0 Å². The topological polar surface area (TPSA) is 26.0 Å². The predicted molar refractivity (Wildman–Crippen MR) is 35.3 cm³/mol. The molecular formula is C7H10FNO. The Morgan fingerprint density at radius 3 is 2.30 bits per heavy atom. The molecule has 0 aliphatic carbocycles. The molecule has 0 amide bonds. The molecule has 0 aliphatic heterocycles. The summed E-state index contributed by atoms with van der Waals surface area (Å²) >= 11 is 0. The normalized spacial score (nSPS) is 10.9. The van der Waals surface area contributed by atoms with Gasteiger partial charge in [0.15, 0.2) is 5.89 Å². The van der Waals surface area contributed by atoms with E-state index in [-0.39, 0.29) is 5.92 Å². The monoisotopic (exact) mass is 143 g/mol. The molecule has 1 heterocycles. The third-order valence-electron chi connectivity index (χ3n) is 1.26. The molecule has 0 spiro atoms. The van der Waals surface area contributed by atoms with Gasteiger partial charge in [0.25, 0.3) is 0 Å². The van der Waals surface area contributed by atoms with Gasteiger partial charge in [0.05, 0.1) is 0 Å². The lowest BCUT2D eigenvalue weighted by molar-refractivity contribution is 0.337. The number of halogens is 1. The van der Waals surface area contributed by atoms with Crippen LogP contribution in [0.25, 0.3) is 0 Å². The summed E-state index contributed by atoms with van der Waals surface area (Å²) in [6.07, 6.45) is 0. The van der Waals surface area contributed by atoms with Crippen molar-refractivity contribution in [3.8, 4) is 0 Å². The fraction of sp³-hybridized carbons (Fsp3) is 0.571. The first-order chi connectivity index (χ1) is 4.61. The van der Waals surface area contributed by atoms with Crippen molar-refractivity contribution in [2.75, 3.05) is 0 Å². The van der Waals surface area contributed by atoms with Crippen LogP contribution in [0.4, 0.5) is 4.39 Å². The summed E-state index contributed by atoms with van der Waals surface area (Å²) in [5.74, 6) is 0.485. The minimum atomic E-state index is -0.549. The van der Waals surface area contributed by atoms with Crippen LogP contribution in [0.5, 0.6) is 0 Å². The SMILES string of the molecule is Cc1nc(C(C)C)c(F)o1. The second kappa shape index (κ2) is 2.40. The lowest BCUT2D eigenvalue weighted by Crippen LogP contribution is -1.89. The molecule has 0 bridgehead atoms. The van der Waals surface area contributed by atoms with Crippen LogP contribution in [0, 0.1) is 12.9 Å². The summed E-state index contributed by atoms with van der Waals surface area (Å²) in [4.78, 5) is 3.87. The highest BCUT2D eigenvalue weighted by molar-refractivity contribution is 5.02. The van der Waals surface area contributed by atoms with Crippen molar-refractivity contribution < 1.29 is 8.81 Å². The van der Waals surface area contributed by atoms with Crippen molar-refractivity contribution in [3.05, 3.63) is 17.6 Å². The maximum Gasteiger partial charge on any atom is 0.301 e. The van der Waals surface area contributed by atoms with Gasteiger partial charge < -0.3 is 4.42 Å². The van der Waals surface area contributed by atoms with Gasteiger partial charge in [-0.1, -0.05) is 13.8 Å². The number of oxazole rings is 1. The molecule has 1 rings (SSSR count). The molecule has 0 N–H and O–H groups in total. The summed E-state index contributed by atoms with van der Waals surface area (Å²) in [5.41, 5.74) is 0.414. The number of nitrogens with zero attached hydrogens (tertiary/aromatic N) is 1. The number of aryl methyl sites for hydroxylation is 1. The second-order valence-corrected chi connectivity index (χ2v) is 2.55. The summed E-state index contributed by atoms with van der Waals surface area (Å²) in [6, 6.07) is -0.549. The lowest BCUT2D eigenvalue weighted by Gasteiger charge is -1.94. The Hall–Kier alpha value is -0.860. The van der Waals surface area contributed by atoms with Crippen LogP contribution in [-0.2, 0) is 0 Å². The van der Waals surface area contributed by atoms with Crippen molar-refractivity contribution in [2.24, 2.45) is 0 Å². The van der Waals surface area contributed by atoms with E-state index in [1.165, 1.54) is 0 Å². The van der Waals surface area contributed by atoms with E-state index in [1.54, 1.807) is 6.92 Å². The summed E-state index contributed by atoms with van der Waals surface area (Å²) in [7, 11) is 0. The molecule has 0 radical (unpaired) electrons. The Morgan fingerprint density at radius 2 is 2.10 bits per heavy atom. The van der Waals surface area contributed by atoms with Gasteiger partial charge in [-0.2, -0.15) is 4.39 Å². The number of hydrogen-bond donors (Lipinski definition) is 0. The quantitative estimate of drug-likeness (QED) is 0.602. The molecule has 10 heavy (non-hydrogen) atoms. The molecule has 56 valence electrons. The number of rotatable bonds is 1. The third-order valence-corrected chi connectivity index (χ3v) is 1.26. The van der Waals surface area contributed by atoms with Crippen LogP contribution < -0.4 is 0 Å². The number of aromatic nitrogens is 1. The zero-order valence-electron chi connectivity index (χ0n) is 6.31. The van der Waals surface area contributed by atoms with Gasteiger partial charge >= 0.3 is 6.01 Å². The molecule has 0 unspecified atom stereocenters. The zero-order chi connectivity index (χ0) is 7.72. The fourth-order valence-electron chi connectivity index (χ4n) is 0.774. The first-order valence-electron chi connectivity index (χ1n) is 3.24. The van der Waals surface area contributed by atoms with E-state index in [0.29, 0.717) is 11.6 Å². The molecule has 2 nitrogen and oxygen atoms in total. The number of hydrogen-bond acceptors (Lipinski definition) is 2. The van der Waals surface area contributed by atoms with E-state index in [9.17, 15) is 4.39 Å². The molecule has 0 saturated carbocycles. The molecule has 1 aromatic rings. The van der Waals surface area contributed by atoms with Crippen LogP contribution in [0.1, 0.15) is 31.4 Å². The van der Waals surface area contributed by atoms with Crippen molar-refractivity contribution in [3.63, 3.8) is 0 Å². The van der Waals surface area contributed by atoms with Crippen molar-refractivity contribution in [1.82, 2.24) is 4.98 Å². The first kappa shape index (κ1) is 7.25. The minimum Gasteiger partial charge on any atom is -0.416 e. The van der Waals surface area contributed by atoms with E-state index in [1.807, 2.05) is 13.8 Å². The van der Waals surface area contributed by atoms with E-state index in [2.05, 4.69) is 9.40 Å². The van der Waals surface area contributed by atoms with Gasteiger partial charge in [-0.25, -0.2) is 4.98 Å². The summed E-state index contributed by atoms with van der Waals surface area (Å²) < 4.78 is 17.2.